The van der Waals surface area contributed by atoms with E-state index in [9.17, 15) is 57.1 Å². The second-order valence-electron chi connectivity index (χ2n) is 3.61. The fraction of sp³-hybridized carbons (Fsp3) is 0.750. The van der Waals surface area contributed by atoms with Gasteiger partial charge in [0.25, 0.3) is 0 Å². The number of hydrogen-bond acceptors (Lipinski definition) is 1. The van der Waals surface area contributed by atoms with Crippen LogP contribution < -0.4 is 0 Å². The van der Waals surface area contributed by atoms with Crippen LogP contribution in [0.4, 0.5) is 57.1 Å². The second kappa shape index (κ2) is 5.16. The maximum Gasteiger partial charge on any atom is 0.462 e. The Bertz CT molecular complexity index is 419. The molecule has 0 bridgehead atoms. The first-order valence-electron chi connectivity index (χ1n) is 4.56. The molecule has 0 rings (SSSR count). The summed E-state index contributed by atoms with van der Waals surface area (Å²) in [5.41, 5.74) is 0. The van der Waals surface area contributed by atoms with Gasteiger partial charge in [-0.1, -0.05) is 6.58 Å². The summed E-state index contributed by atoms with van der Waals surface area (Å²) in [5.74, 6) is -20.4. The Morgan fingerprint density at radius 1 is 0.636 bits per heavy atom. The van der Waals surface area contributed by atoms with Gasteiger partial charge in [-0.2, -0.15) is 57.1 Å². The lowest BCUT2D eigenvalue weighted by Crippen LogP contribution is -2.64. The number of rotatable bonds is 5. The summed E-state index contributed by atoms with van der Waals surface area (Å²) in [5, 5.41) is 0. The molecule has 0 heterocycles. The van der Waals surface area contributed by atoms with Gasteiger partial charge in [-0.05, 0) is 6.08 Å². The van der Waals surface area contributed by atoms with Crippen molar-refractivity contribution >= 4 is 0 Å². The van der Waals surface area contributed by atoms with Crippen LogP contribution in [0.25, 0.3) is 0 Å². The zero-order valence-electron chi connectivity index (χ0n) is 9.61. The van der Waals surface area contributed by atoms with E-state index in [0.29, 0.717) is 0 Å². The normalized spacial score (nSPS) is 18.0. The zero-order valence-corrected chi connectivity index (χ0v) is 9.61. The van der Waals surface area contributed by atoms with Gasteiger partial charge in [0.15, 0.2) is 0 Å². The van der Waals surface area contributed by atoms with E-state index in [2.05, 4.69) is 0 Å². The van der Waals surface area contributed by atoms with E-state index in [4.69, 9.17) is 0 Å². The van der Waals surface area contributed by atoms with Gasteiger partial charge in [0.2, 0.25) is 0 Å². The van der Waals surface area contributed by atoms with Crippen LogP contribution in [-0.4, -0.2) is 36.2 Å². The van der Waals surface area contributed by atoms with Gasteiger partial charge in [0, 0.05) is 0 Å². The van der Waals surface area contributed by atoms with Crippen LogP contribution >= 0.6 is 0 Å². The highest BCUT2D eigenvalue weighted by atomic mass is 19.4. The predicted molar refractivity (Wildman–Crippen MR) is 42.1 cm³/mol. The number of hydrogen-bond donors (Lipinski definition) is 0. The maximum atomic E-state index is 13.1. The van der Waals surface area contributed by atoms with Crippen LogP contribution in [0.15, 0.2) is 12.7 Å². The molecule has 0 aliphatic rings. The maximum absolute atomic E-state index is 13.1. The largest absolute Gasteiger partial charge is 0.462 e. The molecule has 0 N–H and O–H groups in total. The van der Waals surface area contributed by atoms with Gasteiger partial charge in [0.05, 0.1) is 0 Å². The SMILES string of the molecule is C=CC(F)(F)C(F)(OC(F)(F)C(F)(F)C(F)(F)F)C(F)(F)F. The van der Waals surface area contributed by atoms with Crippen molar-refractivity contribution in [2.45, 2.75) is 36.2 Å². The molecule has 1 nitrogen and oxygen atoms in total. The minimum absolute atomic E-state index is 1.25. The fourth-order valence-corrected chi connectivity index (χ4v) is 0.852. The van der Waals surface area contributed by atoms with Crippen LogP contribution in [-0.2, 0) is 4.74 Å². The van der Waals surface area contributed by atoms with E-state index < -0.39 is 42.2 Å². The third kappa shape index (κ3) is 3.10. The Morgan fingerprint density at radius 3 is 1.23 bits per heavy atom. The summed E-state index contributed by atoms with van der Waals surface area (Å²) in [6.07, 6.45) is -22.9. The van der Waals surface area contributed by atoms with Gasteiger partial charge in [-0.25, -0.2) is 0 Å². The molecule has 0 aliphatic heterocycles. The van der Waals surface area contributed by atoms with Crippen LogP contribution in [0.2, 0.25) is 0 Å². The molecular weight excluding hydrogens is 359 g/mol. The molecule has 1 unspecified atom stereocenters. The van der Waals surface area contributed by atoms with Crippen LogP contribution in [0.3, 0.4) is 0 Å². The van der Waals surface area contributed by atoms with Crippen molar-refractivity contribution in [1.29, 1.82) is 0 Å². The quantitative estimate of drug-likeness (QED) is 0.502. The molecule has 0 aromatic rings. The molecule has 14 heteroatoms. The molecule has 0 aromatic carbocycles. The Morgan fingerprint density at radius 2 is 1.00 bits per heavy atom. The highest BCUT2D eigenvalue weighted by Gasteiger charge is 2.82. The number of ether oxygens (including phenoxy) is 1. The monoisotopic (exact) mass is 362 g/mol. The minimum atomic E-state index is -7.39. The molecule has 1 atom stereocenters. The zero-order chi connectivity index (χ0) is 18.4. The smallest absolute Gasteiger partial charge is 0.264 e. The number of halogens is 13. The van der Waals surface area contributed by atoms with Gasteiger partial charge >= 0.3 is 36.2 Å². The summed E-state index contributed by atoms with van der Waals surface area (Å²) in [6, 6.07) is 0. The van der Waals surface area contributed by atoms with Crippen LogP contribution in [0, 0.1) is 0 Å². The van der Waals surface area contributed by atoms with E-state index in [1.54, 1.807) is 4.74 Å². The molecular formula is C8H3F13O. The van der Waals surface area contributed by atoms with Crippen molar-refractivity contribution in [3.8, 4) is 0 Å². The van der Waals surface area contributed by atoms with Gasteiger partial charge in [-0.15, -0.1) is 0 Å². The first kappa shape index (κ1) is 20.8. The highest BCUT2D eigenvalue weighted by molar-refractivity contribution is 5.04. The van der Waals surface area contributed by atoms with Gasteiger partial charge in [0.1, 0.15) is 0 Å². The van der Waals surface area contributed by atoms with Gasteiger partial charge < -0.3 is 0 Å². The molecule has 132 valence electrons. The molecule has 0 radical (unpaired) electrons. The summed E-state index contributed by atoms with van der Waals surface area (Å²) in [6.45, 7) is 1.93. The Hall–Kier alpha value is -1.21. The molecule has 22 heavy (non-hydrogen) atoms. The van der Waals surface area contributed by atoms with Crippen molar-refractivity contribution in [2.24, 2.45) is 0 Å². The Labute approximate surface area is 112 Å². The van der Waals surface area contributed by atoms with Crippen LogP contribution in [0.5, 0.6) is 0 Å². The average molecular weight is 362 g/mol. The van der Waals surface area contributed by atoms with Crippen molar-refractivity contribution in [1.82, 2.24) is 0 Å². The summed E-state index contributed by atoms with van der Waals surface area (Å²) in [7, 11) is 0. The van der Waals surface area contributed by atoms with E-state index in [-0.39, 0.29) is 0 Å². The Kier molecular flexibility index (Phi) is 4.88. The topological polar surface area (TPSA) is 9.23 Å². The third-order valence-electron chi connectivity index (χ3n) is 2.04. The van der Waals surface area contributed by atoms with Crippen molar-refractivity contribution in [2.75, 3.05) is 0 Å². The molecule has 0 saturated carbocycles. The first-order chi connectivity index (χ1) is 9.27. The molecule has 0 amide bonds. The molecule has 0 aliphatic carbocycles. The summed E-state index contributed by atoms with van der Waals surface area (Å²) in [4.78, 5) is 0. The lowest BCUT2D eigenvalue weighted by atomic mass is 10.1. The molecule has 0 saturated heterocycles. The summed E-state index contributed by atoms with van der Waals surface area (Å²) >= 11 is 0. The second-order valence-corrected chi connectivity index (χ2v) is 3.61. The Balaban J connectivity index is 6.06. The average Bonchev–Trinajstić information content (AvgIpc) is 2.24. The van der Waals surface area contributed by atoms with Crippen LogP contribution in [0.1, 0.15) is 0 Å². The van der Waals surface area contributed by atoms with E-state index in [1.165, 1.54) is 0 Å². The van der Waals surface area contributed by atoms with E-state index in [1.807, 2.05) is 6.58 Å². The molecule has 0 aromatic heterocycles. The molecule has 0 fully saturated rings. The van der Waals surface area contributed by atoms with Gasteiger partial charge in [-0.3, -0.25) is 4.74 Å². The third-order valence-corrected chi connectivity index (χ3v) is 2.04. The van der Waals surface area contributed by atoms with E-state index in [0.717, 1.165) is 0 Å². The highest BCUT2D eigenvalue weighted by Crippen LogP contribution is 2.54. The fourth-order valence-electron chi connectivity index (χ4n) is 0.852. The standard InChI is InChI=1S/C8H3F13O/c1-2-3(9,10)5(13,7(17,18)19)22-8(20,21)4(11,12)6(14,15)16/h2H,1H2. The lowest BCUT2D eigenvalue weighted by Gasteiger charge is -2.37. The minimum Gasteiger partial charge on any atom is -0.264 e. The van der Waals surface area contributed by atoms with Crippen molar-refractivity contribution in [3.63, 3.8) is 0 Å². The van der Waals surface area contributed by atoms with Crippen molar-refractivity contribution in [3.05, 3.63) is 12.7 Å². The number of alkyl halides is 13. The predicted octanol–water partition coefficient (Wildman–Crippen LogP) is 4.84. The first-order valence-corrected chi connectivity index (χ1v) is 4.56. The van der Waals surface area contributed by atoms with Crippen molar-refractivity contribution < 1.29 is 61.8 Å². The lowest BCUT2D eigenvalue weighted by molar-refractivity contribution is -0.503. The van der Waals surface area contributed by atoms with E-state index >= 15 is 0 Å². The summed E-state index contributed by atoms with van der Waals surface area (Å²) < 4.78 is 161. The molecule has 0 spiro atoms.